The van der Waals surface area contributed by atoms with Crippen molar-refractivity contribution in [3.63, 3.8) is 0 Å². The van der Waals surface area contributed by atoms with Crippen molar-refractivity contribution in [2.24, 2.45) is 29.1 Å². The summed E-state index contributed by atoms with van der Waals surface area (Å²) >= 11 is 0. The van der Waals surface area contributed by atoms with Gasteiger partial charge in [-0.1, -0.05) is 23.8 Å². The van der Waals surface area contributed by atoms with E-state index >= 15 is 0 Å². The van der Waals surface area contributed by atoms with Crippen molar-refractivity contribution in [2.75, 3.05) is 6.61 Å². The lowest BCUT2D eigenvalue weighted by Gasteiger charge is -2.55. The van der Waals surface area contributed by atoms with E-state index in [0.29, 0.717) is 36.6 Å². The number of aliphatic hydroxyl groups is 3. The number of allylic oxidation sites excluding steroid dienone is 1. The highest BCUT2D eigenvalue weighted by molar-refractivity contribution is 5.24. The zero-order valence-electron chi connectivity index (χ0n) is 17.5. The van der Waals surface area contributed by atoms with Gasteiger partial charge in [0.15, 0.2) is 0 Å². The highest BCUT2D eigenvalue weighted by Crippen LogP contribution is 2.67. The smallest absolute Gasteiger partial charge is 0.116 e. The van der Waals surface area contributed by atoms with Gasteiger partial charge in [-0.15, -0.1) is 5.10 Å². The first kappa shape index (κ1) is 19.7. The molecule has 0 radical (unpaired) electrons. The summed E-state index contributed by atoms with van der Waals surface area (Å²) in [5.74, 6) is 2.56. The molecule has 4 aliphatic carbocycles. The fraction of sp³-hybridized carbons (Fsp3) is 0.826. The highest BCUT2D eigenvalue weighted by Gasteiger charge is 2.63. The zero-order valence-corrected chi connectivity index (χ0v) is 17.5. The minimum atomic E-state index is -0.904. The first-order valence-electron chi connectivity index (χ1n) is 11.6. The summed E-state index contributed by atoms with van der Waals surface area (Å²) in [5.41, 5.74) is 1.17. The number of fused-ring (bicyclic) bond motifs is 5. The Balaban J connectivity index is 1.40. The van der Waals surface area contributed by atoms with Crippen molar-refractivity contribution < 1.29 is 15.3 Å². The molecule has 4 aliphatic rings. The summed E-state index contributed by atoms with van der Waals surface area (Å²) in [6.45, 7) is 3.06. The first-order chi connectivity index (χ1) is 14.0. The van der Waals surface area contributed by atoms with E-state index in [0.717, 1.165) is 50.6 Å². The Labute approximate surface area is 173 Å². The number of hydrogen-bond donors (Lipinski definition) is 3. The molecule has 3 saturated carbocycles. The largest absolute Gasteiger partial charge is 0.396 e. The molecule has 5 rings (SSSR count). The molecule has 0 spiro atoms. The molecule has 160 valence electrons. The molecule has 0 saturated heterocycles. The zero-order chi connectivity index (χ0) is 20.2. The highest BCUT2D eigenvalue weighted by atomic mass is 16.3. The van der Waals surface area contributed by atoms with Gasteiger partial charge in [-0.3, -0.25) is 4.68 Å². The van der Waals surface area contributed by atoms with Crippen LogP contribution in [0.5, 0.6) is 0 Å². The molecular weight excluding hydrogens is 366 g/mol. The second-order valence-corrected chi connectivity index (χ2v) is 10.3. The molecule has 6 nitrogen and oxygen atoms in total. The molecule has 3 N–H and O–H groups in total. The molecule has 29 heavy (non-hydrogen) atoms. The van der Waals surface area contributed by atoms with Crippen molar-refractivity contribution in [3.8, 4) is 0 Å². The van der Waals surface area contributed by atoms with E-state index in [1.54, 1.807) is 4.68 Å². The van der Waals surface area contributed by atoms with Crippen LogP contribution in [0.1, 0.15) is 70.4 Å². The maximum atomic E-state index is 11.9. The van der Waals surface area contributed by atoms with Crippen molar-refractivity contribution in [2.45, 2.75) is 83.0 Å². The quantitative estimate of drug-likeness (QED) is 0.675. The Morgan fingerprint density at radius 3 is 2.83 bits per heavy atom. The van der Waals surface area contributed by atoms with E-state index < -0.39 is 5.60 Å². The molecule has 0 aliphatic heterocycles. The Morgan fingerprint density at radius 1 is 1.14 bits per heavy atom. The van der Waals surface area contributed by atoms with E-state index in [1.165, 1.54) is 12.0 Å². The maximum Gasteiger partial charge on any atom is 0.116 e. The van der Waals surface area contributed by atoms with Crippen molar-refractivity contribution in [3.05, 3.63) is 23.5 Å². The average Bonchev–Trinajstić information content (AvgIpc) is 3.29. The van der Waals surface area contributed by atoms with E-state index in [4.69, 9.17) is 5.11 Å². The van der Waals surface area contributed by atoms with Gasteiger partial charge < -0.3 is 15.3 Å². The summed E-state index contributed by atoms with van der Waals surface area (Å²) in [5, 5.41) is 39.6. The molecule has 7 atom stereocenters. The summed E-state index contributed by atoms with van der Waals surface area (Å²) < 4.78 is 1.76. The Hall–Kier alpha value is -1.24. The van der Waals surface area contributed by atoms with Crippen LogP contribution in [0.25, 0.3) is 0 Å². The second-order valence-electron chi connectivity index (χ2n) is 10.3. The molecule has 3 fully saturated rings. The van der Waals surface area contributed by atoms with Crippen molar-refractivity contribution in [1.82, 2.24) is 15.0 Å². The lowest BCUT2D eigenvalue weighted by molar-refractivity contribution is -0.125. The minimum absolute atomic E-state index is 0.136. The summed E-state index contributed by atoms with van der Waals surface area (Å²) in [6.07, 6.45) is 12.8. The molecule has 6 heteroatoms. The van der Waals surface area contributed by atoms with E-state index in [9.17, 15) is 10.2 Å². The molecule has 5 unspecified atom stereocenters. The third-order valence-corrected chi connectivity index (χ3v) is 9.09. The van der Waals surface area contributed by atoms with Gasteiger partial charge in [-0.2, -0.15) is 0 Å². The van der Waals surface area contributed by atoms with Crippen molar-refractivity contribution in [1.29, 1.82) is 0 Å². The van der Waals surface area contributed by atoms with Gasteiger partial charge in [0.2, 0.25) is 0 Å². The minimum Gasteiger partial charge on any atom is -0.396 e. The van der Waals surface area contributed by atoms with Crippen LogP contribution in [0, 0.1) is 29.1 Å². The Morgan fingerprint density at radius 2 is 2.00 bits per heavy atom. The standard InChI is InChI=1S/C23H35N3O3/c1-22-9-7-18-17-6-4-16(28)13-15(17)3-5-19(18)20(22)8-10-23(22,29)21-14-26(25-24-21)11-2-12-27/h13-14,16-20,27-29H,2-12H2,1H3/t16?,17?,18?,19?,20?,22-,23+/m0/s1. The van der Waals surface area contributed by atoms with Crippen LogP contribution in [-0.4, -0.2) is 43.0 Å². The number of rotatable bonds is 4. The van der Waals surface area contributed by atoms with Gasteiger partial charge in [-0.25, -0.2) is 0 Å². The molecular formula is C23H35N3O3. The van der Waals surface area contributed by atoms with Gasteiger partial charge in [0.05, 0.1) is 12.3 Å². The van der Waals surface area contributed by atoms with Gasteiger partial charge in [-0.05, 0) is 81.5 Å². The van der Waals surface area contributed by atoms with Crippen LogP contribution in [0.2, 0.25) is 0 Å². The van der Waals surface area contributed by atoms with Crippen LogP contribution in [0.15, 0.2) is 17.8 Å². The van der Waals surface area contributed by atoms with E-state index in [2.05, 4.69) is 23.3 Å². The first-order valence-corrected chi connectivity index (χ1v) is 11.6. The van der Waals surface area contributed by atoms with E-state index in [-0.39, 0.29) is 18.1 Å². The number of aliphatic hydroxyl groups excluding tert-OH is 2. The summed E-state index contributed by atoms with van der Waals surface area (Å²) in [4.78, 5) is 0. The van der Waals surface area contributed by atoms with E-state index in [1.807, 2.05) is 6.20 Å². The molecule has 1 aromatic heterocycles. The molecule has 0 bridgehead atoms. The lowest BCUT2D eigenvalue weighted by atomic mass is 9.50. The SMILES string of the molecule is C[C@]12CCC3C4CCC(O)C=C4CCC3C1CC[C@@]2(O)c1cn(CCCO)nn1. The summed E-state index contributed by atoms with van der Waals surface area (Å²) in [7, 11) is 0. The predicted molar refractivity (Wildman–Crippen MR) is 109 cm³/mol. The third kappa shape index (κ3) is 2.94. The second kappa shape index (κ2) is 7.17. The maximum absolute atomic E-state index is 11.9. The Bertz CT molecular complexity index is 792. The van der Waals surface area contributed by atoms with Crippen molar-refractivity contribution >= 4 is 0 Å². The van der Waals surface area contributed by atoms with Gasteiger partial charge in [0, 0.05) is 18.6 Å². The van der Waals surface area contributed by atoms with Gasteiger partial charge in [0.1, 0.15) is 11.3 Å². The number of nitrogens with zero attached hydrogens (tertiary/aromatic N) is 3. The topological polar surface area (TPSA) is 91.4 Å². The normalized spacial score (nSPS) is 44.0. The summed E-state index contributed by atoms with van der Waals surface area (Å²) in [6, 6.07) is 0. The fourth-order valence-corrected chi connectivity index (χ4v) is 7.58. The Kier molecular flexibility index (Phi) is 4.87. The predicted octanol–water partition coefficient (Wildman–Crippen LogP) is 2.78. The molecule has 1 aromatic rings. The van der Waals surface area contributed by atoms with Crippen LogP contribution < -0.4 is 0 Å². The average molecular weight is 402 g/mol. The fourth-order valence-electron chi connectivity index (χ4n) is 7.58. The number of hydrogen-bond acceptors (Lipinski definition) is 5. The number of aromatic nitrogens is 3. The van der Waals surface area contributed by atoms with Crippen LogP contribution in [0.4, 0.5) is 0 Å². The molecule has 0 amide bonds. The van der Waals surface area contributed by atoms with Gasteiger partial charge >= 0.3 is 0 Å². The van der Waals surface area contributed by atoms with Crippen LogP contribution in [-0.2, 0) is 12.1 Å². The monoisotopic (exact) mass is 401 g/mol. The van der Waals surface area contributed by atoms with Gasteiger partial charge in [0.25, 0.3) is 0 Å². The molecule has 0 aromatic carbocycles. The third-order valence-electron chi connectivity index (χ3n) is 9.09. The lowest BCUT2D eigenvalue weighted by Crippen LogP contribution is -2.51. The van der Waals surface area contributed by atoms with Crippen LogP contribution >= 0.6 is 0 Å². The molecule has 1 heterocycles. The number of aryl methyl sites for hydroxylation is 1. The van der Waals surface area contributed by atoms with Crippen LogP contribution in [0.3, 0.4) is 0 Å².